The molecule has 126 valence electrons. The number of hydrogen-bond donors (Lipinski definition) is 1. The molecule has 24 heavy (non-hydrogen) atoms. The topological polar surface area (TPSA) is 67.8 Å². The number of aromatic nitrogens is 1. The van der Waals surface area contributed by atoms with E-state index in [1.165, 1.54) is 9.80 Å². The highest BCUT2D eigenvalue weighted by atomic mass is 16.3. The molecule has 2 aliphatic heterocycles. The van der Waals surface area contributed by atoms with Gasteiger partial charge in [-0.2, -0.15) is 0 Å². The first-order valence-electron chi connectivity index (χ1n) is 8.71. The molecule has 1 aromatic heterocycles. The predicted molar refractivity (Wildman–Crippen MR) is 87.5 cm³/mol. The Morgan fingerprint density at radius 3 is 2.67 bits per heavy atom. The van der Waals surface area contributed by atoms with Crippen LogP contribution in [0.4, 0.5) is 0 Å². The zero-order valence-electron chi connectivity index (χ0n) is 13.8. The van der Waals surface area contributed by atoms with Crippen molar-refractivity contribution in [2.24, 2.45) is 0 Å². The highest BCUT2D eigenvalue weighted by Crippen LogP contribution is 2.27. The Labute approximate surface area is 140 Å². The van der Waals surface area contributed by atoms with E-state index in [0.29, 0.717) is 18.9 Å². The van der Waals surface area contributed by atoms with Crippen LogP contribution in [0.2, 0.25) is 0 Å². The van der Waals surface area contributed by atoms with E-state index >= 15 is 0 Å². The minimum Gasteiger partial charge on any atom is -0.440 e. The molecule has 6 heteroatoms. The molecule has 0 aliphatic carbocycles. The van der Waals surface area contributed by atoms with E-state index in [-0.39, 0.29) is 17.9 Å². The van der Waals surface area contributed by atoms with Crippen molar-refractivity contribution in [3.8, 4) is 0 Å². The van der Waals surface area contributed by atoms with Crippen LogP contribution in [0.5, 0.6) is 0 Å². The monoisotopic (exact) mass is 328 g/mol. The number of rotatable bonds is 3. The summed E-state index contributed by atoms with van der Waals surface area (Å²) in [5.74, 6) is 1.08. The van der Waals surface area contributed by atoms with Crippen molar-refractivity contribution >= 4 is 22.9 Å². The minimum absolute atomic E-state index is 0.00203. The lowest BCUT2D eigenvalue weighted by molar-refractivity contribution is -0.920. The van der Waals surface area contributed by atoms with Crippen molar-refractivity contribution in [1.29, 1.82) is 0 Å². The molecule has 1 N–H and O–H groups in total. The molecule has 0 radical (unpaired) electrons. The first-order valence-corrected chi connectivity index (χ1v) is 8.71. The van der Waals surface area contributed by atoms with Crippen molar-refractivity contribution in [2.75, 3.05) is 19.6 Å². The summed E-state index contributed by atoms with van der Waals surface area (Å²) in [5.41, 5.74) is 1.73. The van der Waals surface area contributed by atoms with Gasteiger partial charge in [0.2, 0.25) is 5.91 Å². The number of likely N-dealkylation sites (tertiary alicyclic amines) is 2. The van der Waals surface area contributed by atoms with E-state index in [2.05, 4.69) is 4.98 Å². The zero-order valence-corrected chi connectivity index (χ0v) is 13.8. The van der Waals surface area contributed by atoms with Crippen LogP contribution in [0, 0.1) is 0 Å². The molecule has 2 fully saturated rings. The number of piperidine rings is 1. The minimum atomic E-state index is -0.193. The molecule has 2 aromatic rings. The van der Waals surface area contributed by atoms with Gasteiger partial charge in [0.1, 0.15) is 5.52 Å². The van der Waals surface area contributed by atoms with Gasteiger partial charge in [-0.1, -0.05) is 12.1 Å². The molecule has 6 nitrogen and oxygen atoms in total. The van der Waals surface area contributed by atoms with Crippen molar-refractivity contribution < 1.29 is 18.9 Å². The highest BCUT2D eigenvalue weighted by Gasteiger charge is 2.45. The maximum absolute atomic E-state index is 12.4. The maximum Gasteiger partial charge on any atom is 0.287 e. The third-order valence-corrected chi connectivity index (χ3v) is 5.34. The van der Waals surface area contributed by atoms with Crippen LogP contribution in [0.25, 0.3) is 11.1 Å². The highest BCUT2D eigenvalue weighted by molar-refractivity contribution is 6.04. The molecule has 0 spiro atoms. The first-order chi connectivity index (χ1) is 11.7. The number of quaternary nitrogens is 1. The molecule has 2 amide bonds. The van der Waals surface area contributed by atoms with Crippen molar-refractivity contribution in [1.82, 2.24) is 9.88 Å². The molecule has 0 bridgehead atoms. The smallest absolute Gasteiger partial charge is 0.287 e. The predicted octanol–water partition coefficient (Wildman–Crippen LogP) is 0.738. The SMILES string of the molecule is CCN1C(=O)C[C@H]([NH+]2CCC(c3nc4ccccc4o3)CC2)C1=O. The molecule has 0 saturated carbocycles. The first kappa shape index (κ1) is 15.3. The van der Waals surface area contributed by atoms with Gasteiger partial charge in [0.15, 0.2) is 17.5 Å². The number of likely N-dealkylation sites (N-methyl/N-ethyl adjacent to an activating group) is 1. The number of carbonyl (C=O) groups excluding carboxylic acids is 2. The Hall–Kier alpha value is -2.21. The lowest BCUT2D eigenvalue weighted by Gasteiger charge is -2.30. The number of imide groups is 1. The quantitative estimate of drug-likeness (QED) is 0.844. The second-order valence-electron chi connectivity index (χ2n) is 6.69. The molecule has 2 aliphatic rings. The Morgan fingerprint density at radius 1 is 1.25 bits per heavy atom. The number of nitrogens with zero attached hydrogens (tertiary/aromatic N) is 2. The second kappa shape index (κ2) is 6.02. The van der Waals surface area contributed by atoms with Gasteiger partial charge >= 0.3 is 0 Å². The van der Waals surface area contributed by atoms with Crippen LogP contribution in [0.1, 0.15) is 38.0 Å². The number of hydrogen-bond acceptors (Lipinski definition) is 4. The second-order valence-corrected chi connectivity index (χ2v) is 6.69. The van der Waals surface area contributed by atoms with Gasteiger partial charge in [-0.15, -0.1) is 0 Å². The normalized spacial score (nSPS) is 28.0. The Bertz CT molecular complexity index is 744. The summed E-state index contributed by atoms with van der Waals surface area (Å²) in [6.45, 7) is 4.09. The van der Waals surface area contributed by atoms with Crippen molar-refractivity contribution in [2.45, 2.75) is 38.1 Å². The number of nitrogens with one attached hydrogen (secondary N) is 1. The molecule has 0 unspecified atom stereocenters. The average Bonchev–Trinajstić information content (AvgIpc) is 3.16. The molecule has 4 rings (SSSR count). The van der Waals surface area contributed by atoms with Gasteiger partial charge in [-0.05, 0) is 19.1 Å². The van der Waals surface area contributed by atoms with Crippen LogP contribution in [0.3, 0.4) is 0 Å². The fraction of sp³-hybridized carbons (Fsp3) is 0.500. The summed E-state index contributed by atoms with van der Waals surface area (Å²) >= 11 is 0. The number of para-hydroxylation sites is 2. The van der Waals surface area contributed by atoms with Crippen LogP contribution < -0.4 is 4.90 Å². The molecule has 1 aromatic carbocycles. The van der Waals surface area contributed by atoms with Gasteiger partial charge in [-0.3, -0.25) is 14.5 Å². The number of carbonyl (C=O) groups is 2. The van der Waals surface area contributed by atoms with Gasteiger partial charge in [-0.25, -0.2) is 4.98 Å². The van der Waals surface area contributed by atoms with E-state index in [0.717, 1.165) is 42.9 Å². The van der Waals surface area contributed by atoms with Gasteiger partial charge in [0.05, 0.1) is 19.5 Å². The largest absolute Gasteiger partial charge is 0.440 e. The van der Waals surface area contributed by atoms with Crippen LogP contribution in [0.15, 0.2) is 28.7 Å². The molecule has 2 saturated heterocycles. The third kappa shape index (κ3) is 2.51. The van der Waals surface area contributed by atoms with E-state index in [4.69, 9.17) is 4.42 Å². The van der Waals surface area contributed by atoms with E-state index in [1.807, 2.05) is 31.2 Å². The van der Waals surface area contributed by atoms with Crippen molar-refractivity contribution in [3.63, 3.8) is 0 Å². The van der Waals surface area contributed by atoms with Crippen molar-refractivity contribution in [3.05, 3.63) is 30.2 Å². The Morgan fingerprint density at radius 2 is 2.00 bits per heavy atom. The van der Waals surface area contributed by atoms with Crippen LogP contribution in [-0.4, -0.2) is 47.4 Å². The Kier molecular flexibility index (Phi) is 3.84. The molecule has 3 heterocycles. The third-order valence-electron chi connectivity index (χ3n) is 5.34. The van der Waals surface area contributed by atoms with E-state index in [1.54, 1.807) is 0 Å². The van der Waals surface area contributed by atoms with Gasteiger partial charge < -0.3 is 9.32 Å². The summed E-state index contributed by atoms with van der Waals surface area (Å²) in [6.07, 6.45) is 2.23. The average molecular weight is 328 g/mol. The fourth-order valence-electron chi connectivity index (χ4n) is 3.98. The van der Waals surface area contributed by atoms with Gasteiger partial charge in [0.25, 0.3) is 5.91 Å². The number of amides is 2. The number of benzene rings is 1. The summed E-state index contributed by atoms with van der Waals surface area (Å²) in [7, 11) is 0. The fourth-order valence-corrected chi connectivity index (χ4v) is 3.98. The zero-order chi connectivity index (χ0) is 16.7. The maximum atomic E-state index is 12.4. The Balaban J connectivity index is 1.43. The molecule has 1 atom stereocenters. The summed E-state index contributed by atoms with van der Waals surface area (Å²) < 4.78 is 5.89. The lowest BCUT2D eigenvalue weighted by atomic mass is 9.95. The lowest BCUT2D eigenvalue weighted by Crippen LogP contribution is -3.17. The summed E-state index contributed by atoms with van der Waals surface area (Å²) in [6, 6.07) is 7.62. The number of fused-ring (bicyclic) bond motifs is 1. The number of oxazole rings is 1. The molecular weight excluding hydrogens is 306 g/mol. The van der Waals surface area contributed by atoms with E-state index in [9.17, 15) is 9.59 Å². The van der Waals surface area contributed by atoms with Crippen LogP contribution in [-0.2, 0) is 9.59 Å². The summed E-state index contributed by atoms with van der Waals surface area (Å²) in [5, 5.41) is 0. The van der Waals surface area contributed by atoms with Crippen LogP contribution >= 0.6 is 0 Å². The van der Waals surface area contributed by atoms with Gasteiger partial charge in [0, 0.05) is 25.3 Å². The van der Waals surface area contributed by atoms with E-state index < -0.39 is 0 Å². The molecular formula is C18H22N3O3+. The summed E-state index contributed by atoms with van der Waals surface area (Å²) in [4.78, 5) is 31.5. The standard InChI is InChI=1S/C18H21N3O3/c1-2-21-16(22)11-14(18(21)23)20-9-7-12(8-10-20)17-19-13-5-3-4-6-15(13)24-17/h3-6,12,14H,2,7-11H2,1H3/p+1/t14-/m0/s1.